The molecule has 0 aromatic heterocycles. The third-order valence-corrected chi connectivity index (χ3v) is 2.75. The van der Waals surface area contributed by atoms with Crippen LogP contribution in [0, 0.1) is 0 Å². The summed E-state index contributed by atoms with van der Waals surface area (Å²) in [5, 5.41) is 12.5. The second kappa shape index (κ2) is 3.95. The van der Waals surface area contributed by atoms with Crippen molar-refractivity contribution in [2.75, 3.05) is 13.2 Å². The minimum absolute atomic E-state index is 0.109. The van der Waals surface area contributed by atoms with Crippen LogP contribution in [0.2, 0.25) is 0 Å². The van der Waals surface area contributed by atoms with E-state index in [0.29, 0.717) is 0 Å². The molecule has 1 aliphatic heterocycles. The molecular formula is C12H15NO. The molecule has 74 valence electrons. The van der Waals surface area contributed by atoms with Crippen LogP contribution in [0.4, 0.5) is 0 Å². The quantitative estimate of drug-likeness (QED) is 0.739. The standard InChI is InChI=1S/C12H15NO/c1-2-9-3-4-11-10(7-9)5-6-13-12(11)8-14/h2-4,7,12-14H,1,5-6,8H2. The molecule has 0 fully saturated rings. The Bertz CT molecular complexity index is 346. The van der Waals surface area contributed by atoms with Crippen LogP contribution in [0.1, 0.15) is 22.7 Å². The molecule has 0 amide bonds. The molecule has 0 aliphatic carbocycles. The Morgan fingerprint density at radius 2 is 2.43 bits per heavy atom. The summed E-state index contributed by atoms with van der Waals surface area (Å²) >= 11 is 0. The molecule has 1 aromatic carbocycles. The summed E-state index contributed by atoms with van der Waals surface area (Å²) in [7, 11) is 0. The third kappa shape index (κ3) is 1.59. The maximum absolute atomic E-state index is 9.18. The lowest BCUT2D eigenvalue weighted by Gasteiger charge is -2.25. The SMILES string of the molecule is C=Cc1ccc2c(c1)CCNC2CO. The van der Waals surface area contributed by atoms with Gasteiger partial charge in [0.05, 0.1) is 12.6 Å². The smallest absolute Gasteiger partial charge is 0.0626 e. The number of nitrogens with one attached hydrogen (secondary N) is 1. The maximum atomic E-state index is 9.18. The summed E-state index contributed by atoms with van der Waals surface area (Å²) in [6, 6.07) is 6.39. The molecule has 0 spiro atoms. The Kier molecular flexibility index (Phi) is 2.66. The molecule has 1 heterocycles. The average molecular weight is 189 g/mol. The molecule has 2 nitrogen and oxygen atoms in total. The molecule has 1 atom stereocenters. The highest BCUT2D eigenvalue weighted by atomic mass is 16.3. The Labute approximate surface area is 84.3 Å². The van der Waals surface area contributed by atoms with Crippen molar-refractivity contribution >= 4 is 6.08 Å². The van der Waals surface area contributed by atoms with Crippen molar-refractivity contribution in [2.24, 2.45) is 0 Å². The van der Waals surface area contributed by atoms with Gasteiger partial charge in [0.15, 0.2) is 0 Å². The summed E-state index contributed by atoms with van der Waals surface area (Å²) in [6.45, 7) is 4.86. The molecule has 0 bridgehead atoms. The Balaban J connectivity index is 2.40. The summed E-state index contributed by atoms with van der Waals surface area (Å²) in [5.74, 6) is 0. The van der Waals surface area contributed by atoms with Crippen molar-refractivity contribution in [1.82, 2.24) is 5.32 Å². The van der Waals surface area contributed by atoms with Gasteiger partial charge in [0.1, 0.15) is 0 Å². The van der Waals surface area contributed by atoms with Gasteiger partial charge in [-0.3, -0.25) is 0 Å². The lowest BCUT2D eigenvalue weighted by molar-refractivity contribution is 0.240. The zero-order valence-electron chi connectivity index (χ0n) is 8.16. The highest BCUT2D eigenvalue weighted by Crippen LogP contribution is 2.23. The van der Waals surface area contributed by atoms with E-state index in [1.807, 2.05) is 12.1 Å². The van der Waals surface area contributed by atoms with E-state index in [9.17, 15) is 5.11 Å². The molecule has 2 heteroatoms. The van der Waals surface area contributed by atoms with Gasteiger partial charge in [0.25, 0.3) is 0 Å². The first kappa shape index (κ1) is 9.44. The molecule has 14 heavy (non-hydrogen) atoms. The number of hydrogen-bond acceptors (Lipinski definition) is 2. The van der Waals surface area contributed by atoms with Gasteiger partial charge in [-0.25, -0.2) is 0 Å². The summed E-state index contributed by atoms with van der Waals surface area (Å²) < 4.78 is 0. The van der Waals surface area contributed by atoms with Crippen molar-refractivity contribution in [1.29, 1.82) is 0 Å². The van der Waals surface area contributed by atoms with Crippen LogP contribution in [0.25, 0.3) is 6.08 Å². The molecule has 1 aromatic rings. The van der Waals surface area contributed by atoms with Crippen LogP contribution in [0.3, 0.4) is 0 Å². The molecule has 1 aliphatic rings. The van der Waals surface area contributed by atoms with Crippen LogP contribution in [-0.4, -0.2) is 18.3 Å². The van der Waals surface area contributed by atoms with Crippen molar-refractivity contribution in [3.8, 4) is 0 Å². The molecule has 0 saturated heterocycles. The van der Waals surface area contributed by atoms with E-state index < -0.39 is 0 Å². The van der Waals surface area contributed by atoms with Crippen molar-refractivity contribution < 1.29 is 5.11 Å². The number of benzene rings is 1. The van der Waals surface area contributed by atoms with Gasteiger partial charge in [0, 0.05) is 0 Å². The summed E-state index contributed by atoms with van der Waals surface area (Å²) in [6.07, 6.45) is 2.89. The van der Waals surface area contributed by atoms with E-state index in [-0.39, 0.29) is 12.6 Å². The fraction of sp³-hybridized carbons (Fsp3) is 0.333. The van der Waals surface area contributed by atoms with E-state index in [4.69, 9.17) is 0 Å². The molecule has 1 unspecified atom stereocenters. The first-order valence-electron chi connectivity index (χ1n) is 4.94. The van der Waals surface area contributed by atoms with E-state index in [1.165, 1.54) is 11.1 Å². The minimum atomic E-state index is 0.109. The zero-order valence-corrected chi connectivity index (χ0v) is 8.16. The Morgan fingerprint density at radius 1 is 1.57 bits per heavy atom. The largest absolute Gasteiger partial charge is 0.394 e. The van der Waals surface area contributed by atoms with Crippen molar-refractivity contribution in [3.63, 3.8) is 0 Å². The second-order valence-electron chi connectivity index (χ2n) is 3.60. The van der Waals surface area contributed by atoms with Gasteiger partial charge >= 0.3 is 0 Å². The normalized spacial score (nSPS) is 20.2. The topological polar surface area (TPSA) is 32.3 Å². The summed E-state index contributed by atoms with van der Waals surface area (Å²) in [5.41, 5.74) is 3.71. The first-order valence-corrected chi connectivity index (χ1v) is 4.94. The molecule has 0 saturated carbocycles. The second-order valence-corrected chi connectivity index (χ2v) is 3.60. The van der Waals surface area contributed by atoms with Crippen molar-refractivity contribution in [2.45, 2.75) is 12.5 Å². The van der Waals surface area contributed by atoms with Crippen molar-refractivity contribution in [3.05, 3.63) is 41.5 Å². The lowest BCUT2D eigenvalue weighted by atomic mass is 9.93. The van der Waals surface area contributed by atoms with Crippen LogP contribution >= 0.6 is 0 Å². The minimum Gasteiger partial charge on any atom is -0.394 e. The van der Waals surface area contributed by atoms with Crippen LogP contribution in [0.5, 0.6) is 0 Å². The first-order chi connectivity index (χ1) is 6.85. The highest BCUT2D eigenvalue weighted by Gasteiger charge is 2.18. The fourth-order valence-electron chi connectivity index (χ4n) is 1.96. The van der Waals surface area contributed by atoms with Gasteiger partial charge in [-0.2, -0.15) is 0 Å². The summed E-state index contributed by atoms with van der Waals surface area (Å²) in [4.78, 5) is 0. The predicted molar refractivity (Wildman–Crippen MR) is 58.1 cm³/mol. The van der Waals surface area contributed by atoms with Gasteiger partial charge in [-0.1, -0.05) is 30.9 Å². The van der Waals surface area contributed by atoms with Crippen LogP contribution in [0.15, 0.2) is 24.8 Å². The third-order valence-electron chi connectivity index (χ3n) is 2.75. The number of rotatable bonds is 2. The van der Waals surface area contributed by atoms with E-state index in [1.54, 1.807) is 0 Å². The van der Waals surface area contributed by atoms with E-state index in [0.717, 1.165) is 18.5 Å². The number of hydrogen-bond donors (Lipinski definition) is 2. The number of aliphatic hydroxyl groups is 1. The maximum Gasteiger partial charge on any atom is 0.0626 e. The number of fused-ring (bicyclic) bond motifs is 1. The predicted octanol–water partition coefficient (Wildman–Crippen LogP) is 1.51. The van der Waals surface area contributed by atoms with Gasteiger partial charge in [0.2, 0.25) is 0 Å². The molecule has 2 rings (SSSR count). The number of aliphatic hydroxyl groups excluding tert-OH is 1. The molecule has 0 radical (unpaired) electrons. The lowest BCUT2D eigenvalue weighted by Crippen LogP contribution is -2.32. The fourth-order valence-corrected chi connectivity index (χ4v) is 1.96. The Hall–Kier alpha value is -1.12. The van der Waals surface area contributed by atoms with Crippen LogP contribution in [-0.2, 0) is 6.42 Å². The van der Waals surface area contributed by atoms with E-state index >= 15 is 0 Å². The molecular weight excluding hydrogens is 174 g/mol. The average Bonchev–Trinajstić information content (AvgIpc) is 2.27. The Morgan fingerprint density at radius 3 is 3.14 bits per heavy atom. The van der Waals surface area contributed by atoms with E-state index in [2.05, 4.69) is 24.0 Å². The van der Waals surface area contributed by atoms with Gasteiger partial charge < -0.3 is 10.4 Å². The van der Waals surface area contributed by atoms with Crippen LogP contribution < -0.4 is 5.32 Å². The molecule has 2 N–H and O–H groups in total. The monoisotopic (exact) mass is 189 g/mol. The zero-order chi connectivity index (χ0) is 9.97. The van der Waals surface area contributed by atoms with Gasteiger partial charge in [-0.15, -0.1) is 0 Å². The van der Waals surface area contributed by atoms with Gasteiger partial charge in [-0.05, 0) is 29.7 Å². The highest BCUT2D eigenvalue weighted by molar-refractivity contribution is 5.51.